The maximum atomic E-state index is 11.1. The zero-order chi connectivity index (χ0) is 10.0. The molecule has 0 radical (unpaired) electrons. The Morgan fingerprint density at radius 2 is 2.38 bits per heavy atom. The van der Waals surface area contributed by atoms with Crippen molar-refractivity contribution in [2.24, 2.45) is 7.05 Å². The van der Waals surface area contributed by atoms with Gasteiger partial charge in [0.05, 0.1) is 18.3 Å². The van der Waals surface area contributed by atoms with Gasteiger partial charge in [0.25, 0.3) is 5.91 Å². The van der Waals surface area contributed by atoms with E-state index in [1.165, 1.54) is 25.0 Å². The lowest BCUT2D eigenvalue weighted by atomic mass is 10.3. The SMILES string of the molecule is CNC(=O)c1cn(C)nc1[N+](=O)[O-]. The summed E-state index contributed by atoms with van der Waals surface area (Å²) in [4.78, 5) is 20.8. The van der Waals surface area contributed by atoms with Crippen molar-refractivity contribution in [1.29, 1.82) is 0 Å². The maximum absolute atomic E-state index is 11.1. The fourth-order valence-corrected chi connectivity index (χ4v) is 0.906. The van der Waals surface area contributed by atoms with Crippen LogP contribution in [0.3, 0.4) is 0 Å². The van der Waals surface area contributed by atoms with Crippen LogP contribution in [0.25, 0.3) is 0 Å². The molecule has 0 fully saturated rings. The van der Waals surface area contributed by atoms with Gasteiger partial charge >= 0.3 is 5.82 Å². The van der Waals surface area contributed by atoms with Crippen molar-refractivity contribution >= 4 is 11.7 Å². The quantitative estimate of drug-likeness (QED) is 0.504. The predicted molar refractivity (Wildman–Crippen MR) is 43.3 cm³/mol. The number of nitrogens with one attached hydrogen (secondary N) is 1. The topological polar surface area (TPSA) is 90.1 Å². The van der Waals surface area contributed by atoms with E-state index in [4.69, 9.17) is 0 Å². The number of carbonyl (C=O) groups excluding carboxylic acids is 1. The molecule has 1 aromatic rings. The van der Waals surface area contributed by atoms with E-state index >= 15 is 0 Å². The number of hydrogen-bond acceptors (Lipinski definition) is 4. The molecule has 0 saturated carbocycles. The Labute approximate surface area is 73.5 Å². The van der Waals surface area contributed by atoms with E-state index < -0.39 is 16.6 Å². The normalized spacial score (nSPS) is 9.69. The van der Waals surface area contributed by atoms with Crippen LogP contribution < -0.4 is 5.32 Å². The second kappa shape index (κ2) is 3.21. The Kier molecular flexibility index (Phi) is 2.27. The Bertz CT molecular complexity index is 357. The number of aromatic nitrogens is 2. The average Bonchev–Trinajstić information content (AvgIpc) is 2.46. The summed E-state index contributed by atoms with van der Waals surface area (Å²) in [5.41, 5.74) is -0.0324. The molecule has 0 aromatic carbocycles. The Hall–Kier alpha value is -1.92. The lowest BCUT2D eigenvalue weighted by Gasteiger charge is -1.93. The highest BCUT2D eigenvalue weighted by atomic mass is 16.6. The first-order valence-electron chi connectivity index (χ1n) is 3.46. The van der Waals surface area contributed by atoms with Crippen molar-refractivity contribution in [3.8, 4) is 0 Å². The summed E-state index contributed by atoms with van der Waals surface area (Å²) in [6.07, 6.45) is 1.30. The number of amides is 1. The Balaban J connectivity index is 3.19. The van der Waals surface area contributed by atoms with Gasteiger partial charge in [0, 0.05) is 7.05 Å². The van der Waals surface area contributed by atoms with Gasteiger partial charge in [-0.15, -0.1) is 0 Å². The van der Waals surface area contributed by atoms with Gasteiger partial charge in [-0.2, -0.15) is 4.68 Å². The second-order valence-corrected chi connectivity index (χ2v) is 2.38. The summed E-state index contributed by atoms with van der Waals surface area (Å²) in [5.74, 6) is -0.943. The van der Waals surface area contributed by atoms with Crippen molar-refractivity contribution in [1.82, 2.24) is 15.1 Å². The zero-order valence-electron chi connectivity index (χ0n) is 7.14. The van der Waals surface area contributed by atoms with Gasteiger partial charge in [-0.3, -0.25) is 4.79 Å². The smallest absolute Gasteiger partial charge is 0.358 e. The summed E-state index contributed by atoms with van der Waals surface area (Å²) in [5, 5.41) is 16.2. The molecule has 7 nitrogen and oxygen atoms in total. The summed E-state index contributed by atoms with van der Waals surface area (Å²) in [6.45, 7) is 0. The lowest BCUT2D eigenvalue weighted by Crippen LogP contribution is -2.18. The first-order chi connectivity index (χ1) is 6.06. The van der Waals surface area contributed by atoms with Gasteiger partial charge in [0.1, 0.15) is 0 Å². The largest absolute Gasteiger partial charge is 0.402 e. The highest BCUT2D eigenvalue weighted by Crippen LogP contribution is 2.14. The first kappa shape index (κ1) is 9.17. The Morgan fingerprint density at radius 1 is 1.77 bits per heavy atom. The Morgan fingerprint density at radius 3 is 2.85 bits per heavy atom. The van der Waals surface area contributed by atoms with Crippen molar-refractivity contribution < 1.29 is 9.72 Å². The summed E-state index contributed by atoms with van der Waals surface area (Å²) < 4.78 is 1.22. The van der Waals surface area contributed by atoms with Crippen LogP contribution in [0.4, 0.5) is 5.82 Å². The molecule has 0 bridgehead atoms. The van der Waals surface area contributed by atoms with E-state index in [0.717, 1.165) is 0 Å². The number of aryl methyl sites for hydroxylation is 1. The van der Waals surface area contributed by atoms with Crippen LogP contribution in [0.5, 0.6) is 0 Å². The number of rotatable bonds is 2. The van der Waals surface area contributed by atoms with Crippen LogP contribution in [0, 0.1) is 10.1 Å². The number of hydrogen-bond donors (Lipinski definition) is 1. The van der Waals surface area contributed by atoms with Crippen LogP contribution in [-0.2, 0) is 7.05 Å². The number of carbonyl (C=O) groups is 1. The summed E-state index contributed by atoms with van der Waals surface area (Å²) in [6, 6.07) is 0. The molecule has 1 heterocycles. The minimum atomic E-state index is -0.690. The molecule has 1 amide bonds. The minimum absolute atomic E-state index is 0.0324. The number of nitro groups is 1. The fourth-order valence-electron chi connectivity index (χ4n) is 0.906. The van der Waals surface area contributed by atoms with Gasteiger partial charge in [-0.1, -0.05) is 0 Å². The predicted octanol–water partition coefficient (Wildman–Crippen LogP) is -0.312. The maximum Gasteiger partial charge on any atom is 0.402 e. The molecule has 0 aliphatic heterocycles. The summed E-state index contributed by atoms with van der Waals surface area (Å²) in [7, 11) is 2.92. The van der Waals surface area contributed by atoms with Gasteiger partial charge in [-0.25, -0.2) is 0 Å². The van der Waals surface area contributed by atoms with Gasteiger partial charge < -0.3 is 15.4 Å². The zero-order valence-corrected chi connectivity index (χ0v) is 7.14. The van der Waals surface area contributed by atoms with Crippen LogP contribution >= 0.6 is 0 Å². The van der Waals surface area contributed by atoms with Crippen LogP contribution in [0.2, 0.25) is 0 Å². The first-order valence-corrected chi connectivity index (χ1v) is 3.46. The molecule has 0 atom stereocenters. The van der Waals surface area contributed by atoms with Crippen LogP contribution in [-0.4, -0.2) is 27.7 Å². The molecule has 7 heteroatoms. The van der Waals surface area contributed by atoms with E-state index in [2.05, 4.69) is 10.4 Å². The highest BCUT2D eigenvalue weighted by Gasteiger charge is 2.24. The average molecular weight is 184 g/mol. The van der Waals surface area contributed by atoms with Crippen molar-refractivity contribution in [2.45, 2.75) is 0 Å². The van der Waals surface area contributed by atoms with Crippen LogP contribution in [0.15, 0.2) is 6.20 Å². The molecule has 70 valence electrons. The molecule has 0 unspecified atom stereocenters. The number of nitrogens with zero attached hydrogens (tertiary/aromatic N) is 3. The van der Waals surface area contributed by atoms with Gasteiger partial charge in [-0.05, 0) is 4.92 Å². The third-order valence-corrected chi connectivity index (χ3v) is 1.45. The van der Waals surface area contributed by atoms with Gasteiger partial charge in [0.15, 0.2) is 5.56 Å². The summed E-state index contributed by atoms with van der Waals surface area (Å²) >= 11 is 0. The third kappa shape index (κ3) is 1.63. The van der Waals surface area contributed by atoms with Crippen molar-refractivity contribution in [3.05, 3.63) is 21.9 Å². The molecule has 1 rings (SSSR count). The molecular formula is C6H8N4O3. The molecule has 1 aromatic heterocycles. The molecule has 0 aliphatic carbocycles. The fraction of sp³-hybridized carbons (Fsp3) is 0.333. The molecule has 1 N–H and O–H groups in total. The second-order valence-electron chi connectivity index (χ2n) is 2.38. The monoisotopic (exact) mass is 184 g/mol. The van der Waals surface area contributed by atoms with E-state index in [1.54, 1.807) is 0 Å². The van der Waals surface area contributed by atoms with E-state index in [9.17, 15) is 14.9 Å². The van der Waals surface area contributed by atoms with Crippen molar-refractivity contribution in [3.63, 3.8) is 0 Å². The molecular weight excluding hydrogens is 176 g/mol. The van der Waals surface area contributed by atoms with E-state index in [0.29, 0.717) is 0 Å². The molecule has 0 aliphatic rings. The molecule has 0 saturated heterocycles. The third-order valence-electron chi connectivity index (χ3n) is 1.45. The highest BCUT2D eigenvalue weighted by molar-refractivity contribution is 5.97. The molecule has 0 spiro atoms. The van der Waals surface area contributed by atoms with Crippen molar-refractivity contribution in [2.75, 3.05) is 7.05 Å². The van der Waals surface area contributed by atoms with E-state index in [1.807, 2.05) is 0 Å². The molecule has 13 heavy (non-hydrogen) atoms. The van der Waals surface area contributed by atoms with E-state index in [-0.39, 0.29) is 5.56 Å². The lowest BCUT2D eigenvalue weighted by molar-refractivity contribution is -0.390. The van der Waals surface area contributed by atoms with Gasteiger partial charge in [0.2, 0.25) is 0 Å². The standard InChI is InChI=1S/C6H8N4O3/c1-7-6(11)4-3-9(2)8-5(4)10(12)13/h3H,1-2H3,(H,7,11). The van der Waals surface area contributed by atoms with Crippen LogP contribution in [0.1, 0.15) is 10.4 Å². The minimum Gasteiger partial charge on any atom is -0.358 e.